The van der Waals surface area contributed by atoms with Gasteiger partial charge in [-0.15, -0.1) is 0 Å². The van der Waals surface area contributed by atoms with Crippen LogP contribution >= 0.6 is 23.2 Å². The van der Waals surface area contributed by atoms with Gasteiger partial charge in [0.2, 0.25) is 0 Å². The highest BCUT2D eigenvalue weighted by molar-refractivity contribution is 7.85. The maximum atomic E-state index is 12.7. The van der Waals surface area contributed by atoms with Gasteiger partial charge in [0, 0.05) is 47.8 Å². The van der Waals surface area contributed by atoms with E-state index in [-0.39, 0.29) is 29.9 Å². The number of amides is 1. The molecule has 1 N–H and O–H groups in total. The summed E-state index contributed by atoms with van der Waals surface area (Å²) in [7, 11) is -4.27. The lowest BCUT2D eigenvalue weighted by Gasteiger charge is -2.39. The molecule has 1 amide bonds. The number of piperazine rings is 1. The standard InChI is InChI=1S/C21H24Cl2N2O5S/c1-15-11-24(12-16-2-4-18(22)5-3-16)8-9-25(15)21(26)13-30-20-7-6-19(23)10-17(20)14-31(27,28)29/h2-7,10,15H,8-9,11-14H2,1H3,(H,27,28,29). The lowest BCUT2D eigenvalue weighted by molar-refractivity contribution is -0.138. The van der Waals surface area contributed by atoms with Crippen molar-refractivity contribution < 1.29 is 22.5 Å². The largest absolute Gasteiger partial charge is 0.483 e. The molecule has 3 rings (SSSR count). The smallest absolute Gasteiger partial charge is 0.269 e. The second kappa shape index (κ2) is 10.2. The molecule has 2 aromatic rings. The molecule has 1 fully saturated rings. The molecule has 168 valence electrons. The van der Waals surface area contributed by atoms with Crippen molar-refractivity contribution in [2.24, 2.45) is 0 Å². The Hall–Kier alpha value is -1.84. The van der Waals surface area contributed by atoms with Crippen LogP contribution in [0.15, 0.2) is 42.5 Å². The zero-order valence-corrected chi connectivity index (χ0v) is 19.3. The molecular weight excluding hydrogens is 463 g/mol. The Labute approximate surface area is 192 Å². The van der Waals surface area contributed by atoms with Gasteiger partial charge in [0.05, 0.1) is 0 Å². The number of hydrogen-bond donors (Lipinski definition) is 1. The number of nitrogens with zero attached hydrogens (tertiary/aromatic N) is 2. The third-order valence-corrected chi connectivity index (χ3v) is 6.23. The molecule has 31 heavy (non-hydrogen) atoms. The number of benzene rings is 2. The molecule has 0 spiro atoms. The van der Waals surface area contributed by atoms with Gasteiger partial charge in [-0.1, -0.05) is 35.3 Å². The van der Waals surface area contributed by atoms with Crippen molar-refractivity contribution in [3.8, 4) is 5.75 Å². The minimum Gasteiger partial charge on any atom is -0.483 e. The molecule has 2 aromatic carbocycles. The molecule has 0 saturated carbocycles. The number of ether oxygens (including phenoxy) is 1. The average molecular weight is 487 g/mol. The second-order valence-electron chi connectivity index (χ2n) is 7.56. The number of carbonyl (C=O) groups is 1. The third kappa shape index (κ3) is 7.08. The molecule has 1 aliphatic rings. The summed E-state index contributed by atoms with van der Waals surface area (Å²) >= 11 is 11.8. The molecule has 10 heteroatoms. The summed E-state index contributed by atoms with van der Waals surface area (Å²) in [5, 5.41) is 1.01. The Morgan fingerprint density at radius 3 is 2.45 bits per heavy atom. The van der Waals surface area contributed by atoms with Crippen molar-refractivity contribution in [2.45, 2.75) is 25.3 Å². The minimum atomic E-state index is -4.27. The van der Waals surface area contributed by atoms with Crippen molar-refractivity contribution in [3.05, 3.63) is 63.6 Å². The molecule has 1 unspecified atom stereocenters. The molecule has 1 aliphatic heterocycles. The highest BCUT2D eigenvalue weighted by Crippen LogP contribution is 2.25. The third-order valence-electron chi connectivity index (χ3n) is 5.06. The van der Waals surface area contributed by atoms with E-state index in [4.69, 9.17) is 32.5 Å². The molecule has 0 bridgehead atoms. The van der Waals surface area contributed by atoms with E-state index in [0.29, 0.717) is 16.6 Å². The number of halogens is 2. The van der Waals surface area contributed by atoms with Gasteiger partial charge in [-0.05, 0) is 42.8 Å². The van der Waals surface area contributed by atoms with Crippen LogP contribution < -0.4 is 4.74 Å². The van der Waals surface area contributed by atoms with Crippen molar-refractivity contribution in [3.63, 3.8) is 0 Å². The van der Waals surface area contributed by atoms with E-state index in [1.807, 2.05) is 31.2 Å². The molecule has 1 saturated heterocycles. The van der Waals surface area contributed by atoms with Gasteiger partial charge in [0.1, 0.15) is 11.5 Å². The zero-order chi connectivity index (χ0) is 22.6. The topological polar surface area (TPSA) is 87.2 Å². The highest BCUT2D eigenvalue weighted by Gasteiger charge is 2.28. The van der Waals surface area contributed by atoms with Crippen LogP contribution in [-0.2, 0) is 27.2 Å². The molecule has 1 atom stereocenters. The van der Waals surface area contributed by atoms with E-state index in [2.05, 4.69) is 4.90 Å². The van der Waals surface area contributed by atoms with Gasteiger partial charge < -0.3 is 9.64 Å². The van der Waals surface area contributed by atoms with Crippen LogP contribution in [0, 0.1) is 0 Å². The summed E-state index contributed by atoms with van der Waals surface area (Å²) in [5.74, 6) is -0.632. The van der Waals surface area contributed by atoms with Crippen molar-refractivity contribution >= 4 is 39.2 Å². The van der Waals surface area contributed by atoms with Crippen LogP contribution in [0.25, 0.3) is 0 Å². The molecule has 7 nitrogen and oxygen atoms in total. The highest BCUT2D eigenvalue weighted by atomic mass is 35.5. The van der Waals surface area contributed by atoms with Gasteiger partial charge in [-0.25, -0.2) is 0 Å². The molecule has 1 heterocycles. The molecular formula is C21H24Cl2N2O5S. The Morgan fingerprint density at radius 1 is 1.13 bits per heavy atom. The van der Waals surface area contributed by atoms with Crippen LogP contribution in [-0.4, -0.2) is 61.0 Å². The summed E-state index contributed by atoms with van der Waals surface area (Å²) in [5.41, 5.74) is 1.36. The summed E-state index contributed by atoms with van der Waals surface area (Å²) in [6.07, 6.45) is 0. The monoisotopic (exact) mass is 486 g/mol. The number of carbonyl (C=O) groups excluding carboxylic acids is 1. The Balaban J connectivity index is 1.56. The van der Waals surface area contributed by atoms with Gasteiger partial charge >= 0.3 is 0 Å². The van der Waals surface area contributed by atoms with Crippen molar-refractivity contribution in [2.75, 3.05) is 26.2 Å². The van der Waals surface area contributed by atoms with Crippen LogP contribution in [0.3, 0.4) is 0 Å². The molecule has 0 aliphatic carbocycles. The summed E-state index contributed by atoms with van der Waals surface area (Å²) < 4.78 is 37.2. The van der Waals surface area contributed by atoms with E-state index >= 15 is 0 Å². The predicted molar refractivity (Wildman–Crippen MR) is 120 cm³/mol. The first kappa shape index (κ1) is 23.8. The van der Waals surface area contributed by atoms with E-state index in [1.165, 1.54) is 18.2 Å². The van der Waals surface area contributed by atoms with E-state index < -0.39 is 15.9 Å². The van der Waals surface area contributed by atoms with E-state index in [1.54, 1.807) is 4.90 Å². The van der Waals surface area contributed by atoms with Crippen molar-refractivity contribution in [1.29, 1.82) is 0 Å². The fourth-order valence-electron chi connectivity index (χ4n) is 3.62. The fourth-order valence-corrected chi connectivity index (χ4v) is 4.56. The zero-order valence-electron chi connectivity index (χ0n) is 17.0. The van der Waals surface area contributed by atoms with Crippen LogP contribution in [0.5, 0.6) is 5.75 Å². The van der Waals surface area contributed by atoms with Gasteiger partial charge in [0.25, 0.3) is 16.0 Å². The Morgan fingerprint density at radius 2 is 1.81 bits per heavy atom. The molecule has 0 aromatic heterocycles. The minimum absolute atomic E-state index is 0.000317. The first-order valence-corrected chi connectivity index (χ1v) is 12.1. The van der Waals surface area contributed by atoms with Crippen LogP contribution in [0.4, 0.5) is 0 Å². The average Bonchev–Trinajstić information content (AvgIpc) is 2.68. The number of rotatable bonds is 7. The Bertz CT molecular complexity index is 1030. The van der Waals surface area contributed by atoms with Gasteiger partial charge in [0.15, 0.2) is 6.61 Å². The van der Waals surface area contributed by atoms with Crippen molar-refractivity contribution in [1.82, 2.24) is 9.80 Å². The first-order valence-electron chi connectivity index (χ1n) is 9.73. The van der Waals surface area contributed by atoms with Crippen LogP contribution in [0.1, 0.15) is 18.1 Å². The SMILES string of the molecule is CC1CN(Cc2ccc(Cl)cc2)CCN1C(=O)COc1ccc(Cl)cc1CS(=O)(=O)O. The van der Waals surface area contributed by atoms with Gasteiger partial charge in [-0.2, -0.15) is 8.42 Å². The number of hydrogen-bond acceptors (Lipinski definition) is 5. The van der Waals surface area contributed by atoms with E-state index in [9.17, 15) is 13.2 Å². The fraction of sp³-hybridized carbons (Fsp3) is 0.381. The predicted octanol–water partition coefficient (Wildman–Crippen LogP) is 3.49. The lowest BCUT2D eigenvalue weighted by Crippen LogP contribution is -2.54. The van der Waals surface area contributed by atoms with Gasteiger partial charge in [-0.3, -0.25) is 14.2 Å². The lowest BCUT2D eigenvalue weighted by atomic mass is 10.1. The maximum absolute atomic E-state index is 12.7. The summed E-state index contributed by atoms with van der Waals surface area (Å²) in [4.78, 5) is 16.8. The van der Waals surface area contributed by atoms with Crippen LogP contribution in [0.2, 0.25) is 10.0 Å². The maximum Gasteiger partial charge on any atom is 0.269 e. The summed E-state index contributed by atoms with van der Waals surface area (Å²) in [6.45, 7) is 4.55. The first-order chi connectivity index (χ1) is 14.6. The Kier molecular flexibility index (Phi) is 7.82. The summed E-state index contributed by atoms with van der Waals surface area (Å²) in [6, 6.07) is 12.1. The quantitative estimate of drug-likeness (QED) is 0.602. The molecule has 0 radical (unpaired) electrons. The van der Waals surface area contributed by atoms with E-state index in [0.717, 1.165) is 25.2 Å². The second-order valence-corrected chi connectivity index (χ2v) is 9.89. The normalized spacial score (nSPS) is 17.5.